The fourth-order valence-electron chi connectivity index (χ4n) is 2.99. The summed E-state index contributed by atoms with van der Waals surface area (Å²) < 4.78 is 10.6. The molecule has 0 heterocycles. The third kappa shape index (κ3) is 3.97. The molecule has 2 nitrogen and oxygen atoms in total. The molecule has 134 valence electrons. The number of alkyl halides is 2. The number of benzene rings is 3. The summed E-state index contributed by atoms with van der Waals surface area (Å²) in [4.78, 5) is 0. The molecule has 0 saturated carbocycles. The first-order chi connectivity index (χ1) is 12.7. The first kappa shape index (κ1) is 19.0. The van der Waals surface area contributed by atoms with Crippen LogP contribution >= 0.6 is 31.9 Å². The highest BCUT2D eigenvalue weighted by Gasteiger charge is 2.12. The van der Waals surface area contributed by atoms with Crippen LogP contribution in [0.1, 0.15) is 11.1 Å². The number of methoxy groups -OCH3 is 2. The molecule has 0 amide bonds. The Kier molecular flexibility index (Phi) is 6.38. The molecular formula is C22H20Br2O2. The normalized spacial score (nSPS) is 10.6. The van der Waals surface area contributed by atoms with Crippen LogP contribution in [0.4, 0.5) is 0 Å². The minimum Gasteiger partial charge on any atom is -0.497 e. The van der Waals surface area contributed by atoms with Crippen LogP contribution < -0.4 is 9.47 Å². The maximum absolute atomic E-state index is 5.28. The van der Waals surface area contributed by atoms with E-state index in [-0.39, 0.29) is 0 Å². The zero-order chi connectivity index (χ0) is 18.5. The second-order valence-electron chi connectivity index (χ2n) is 5.89. The Morgan fingerprint density at radius 1 is 0.615 bits per heavy atom. The molecule has 0 atom stereocenters. The van der Waals surface area contributed by atoms with Gasteiger partial charge in [0, 0.05) is 10.7 Å². The average Bonchev–Trinajstić information content (AvgIpc) is 2.73. The molecule has 4 heteroatoms. The molecule has 0 aliphatic carbocycles. The first-order valence-corrected chi connectivity index (χ1v) is 10.5. The molecule has 26 heavy (non-hydrogen) atoms. The van der Waals surface area contributed by atoms with Gasteiger partial charge in [-0.25, -0.2) is 0 Å². The van der Waals surface area contributed by atoms with Crippen molar-refractivity contribution in [2.24, 2.45) is 0 Å². The third-order valence-corrected chi connectivity index (χ3v) is 5.63. The van der Waals surface area contributed by atoms with E-state index in [4.69, 9.17) is 9.47 Å². The largest absolute Gasteiger partial charge is 0.497 e. The Morgan fingerprint density at radius 2 is 0.962 bits per heavy atom. The maximum atomic E-state index is 5.28. The van der Waals surface area contributed by atoms with Crippen LogP contribution in [0.3, 0.4) is 0 Å². The molecule has 3 aromatic carbocycles. The van der Waals surface area contributed by atoms with Gasteiger partial charge in [0.2, 0.25) is 0 Å². The highest BCUT2D eigenvalue weighted by Crippen LogP contribution is 2.35. The van der Waals surface area contributed by atoms with Crippen LogP contribution in [0, 0.1) is 0 Å². The summed E-state index contributed by atoms with van der Waals surface area (Å²) in [5.74, 6) is 1.73. The predicted molar refractivity (Wildman–Crippen MR) is 116 cm³/mol. The van der Waals surface area contributed by atoms with Gasteiger partial charge < -0.3 is 9.47 Å². The van der Waals surface area contributed by atoms with Gasteiger partial charge in [-0.15, -0.1) is 0 Å². The molecule has 0 N–H and O–H groups in total. The van der Waals surface area contributed by atoms with Gasteiger partial charge in [0.05, 0.1) is 14.2 Å². The van der Waals surface area contributed by atoms with Crippen LogP contribution in [-0.2, 0) is 10.7 Å². The first-order valence-electron chi connectivity index (χ1n) is 8.26. The number of hydrogen-bond donors (Lipinski definition) is 0. The van der Waals surface area contributed by atoms with Crippen molar-refractivity contribution in [2.45, 2.75) is 10.7 Å². The van der Waals surface area contributed by atoms with Gasteiger partial charge in [-0.2, -0.15) is 0 Å². The predicted octanol–water partition coefficient (Wildman–Crippen LogP) is 6.83. The van der Waals surface area contributed by atoms with Crippen molar-refractivity contribution >= 4 is 31.9 Å². The smallest absolute Gasteiger partial charge is 0.118 e. The monoisotopic (exact) mass is 474 g/mol. The van der Waals surface area contributed by atoms with E-state index < -0.39 is 0 Å². The van der Waals surface area contributed by atoms with Gasteiger partial charge in [0.1, 0.15) is 11.5 Å². The summed E-state index contributed by atoms with van der Waals surface area (Å²) in [6, 6.07) is 20.9. The highest BCUT2D eigenvalue weighted by atomic mass is 79.9. The Labute approximate surface area is 171 Å². The van der Waals surface area contributed by atoms with E-state index in [9.17, 15) is 0 Å². The lowest BCUT2D eigenvalue weighted by atomic mass is 9.92. The standard InChI is InChI=1S/C22H20Br2O2/c1-25-19-7-3-15(4-8-19)21-11-18(14-24)22(12-17(21)13-23)16-5-9-20(26-2)10-6-16/h3-12H,13-14H2,1-2H3. The number of rotatable bonds is 6. The number of ether oxygens (including phenoxy) is 2. The van der Waals surface area contributed by atoms with Crippen molar-refractivity contribution in [3.63, 3.8) is 0 Å². The molecule has 3 aromatic rings. The molecule has 0 unspecified atom stereocenters. The molecule has 0 saturated heterocycles. The van der Waals surface area contributed by atoms with Crippen LogP contribution in [0.25, 0.3) is 22.3 Å². The molecule has 0 bridgehead atoms. The average molecular weight is 476 g/mol. The summed E-state index contributed by atoms with van der Waals surface area (Å²) in [5.41, 5.74) is 7.34. The van der Waals surface area contributed by atoms with E-state index >= 15 is 0 Å². The lowest BCUT2D eigenvalue weighted by Crippen LogP contribution is -1.94. The van der Waals surface area contributed by atoms with Crippen molar-refractivity contribution in [2.75, 3.05) is 14.2 Å². The lowest BCUT2D eigenvalue weighted by Gasteiger charge is -2.16. The van der Waals surface area contributed by atoms with Gasteiger partial charge in [0.15, 0.2) is 0 Å². The van der Waals surface area contributed by atoms with Gasteiger partial charge in [-0.1, -0.05) is 56.1 Å². The Hall–Kier alpha value is -1.78. The summed E-state index contributed by atoms with van der Waals surface area (Å²) in [6.45, 7) is 0. The molecule has 0 aromatic heterocycles. The summed E-state index contributed by atoms with van der Waals surface area (Å²) in [6.07, 6.45) is 0. The summed E-state index contributed by atoms with van der Waals surface area (Å²) in [5, 5.41) is 1.58. The van der Waals surface area contributed by atoms with Crippen LogP contribution in [0.15, 0.2) is 60.7 Å². The van der Waals surface area contributed by atoms with Crippen LogP contribution in [0.2, 0.25) is 0 Å². The van der Waals surface area contributed by atoms with E-state index in [1.165, 1.54) is 33.4 Å². The van der Waals surface area contributed by atoms with E-state index in [0.29, 0.717) is 0 Å². The van der Waals surface area contributed by atoms with Crippen molar-refractivity contribution in [1.82, 2.24) is 0 Å². The van der Waals surface area contributed by atoms with E-state index in [1.807, 2.05) is 24.3 Å². The zero-order valence-electron chi connectivity index (χ0n) is 14.8. The Morgan fingerprint density at radius 3 is 1.23 bits per heavy atom. The fourth-order valence-corrected chi connectivity index (χ4v) is 3.92. The molecule has 0 fully saturated rings. The number of hydrogen-bond acceptors (Lipinski definition) is 2. The molecule has 0 radical (unpaired) electrons. The van der Waals surface area contributed by atoms with Gasteiger partial charge in [-0.05, 0) is 69.8 Å². The Balaban J connectivity index is 2.09. The van der Waals surface area contributed by atoms with Crippen molar-refractivity contribution in [3.8, 4) is 33.8 Å². The molecule has 0 aliphatic rings. The van der Waals surface area contributed by atoms with Gasteiger partial charge in [0.25, 0.3) is 0 Å². The quantitative estimate of drug-likeness (QED) is 0.364. The second-order valence-corrected chi connectivity index (χ2v) is 7.01. The van der Waals surface area contributed by atoms with E-state index in [0.717, 1.165) is 22.2 Å². The molecule has 3 rings (SSSR count). The van der Waals surface area contributed by atoms with Crippen molar-refractivity contribution in [3.05, 3.63) is 71.8 Å². The third-order valence-electron chi connectivity index (χ3n) is 4.42. The molecular weight excluding hydrogens is 456 g/mol. The molecule has 0 spiro atoms. The van der Waals surface area contributed by atoms with Crippen LogP contribution in [0.5, 0.6) is 11.5 Å². The summed E-state index contributed by atoms with van der Waals surface area (Å²) in [7, 11) is 3.37. The number of halogens is 2. The topological polar surface area (TPSA) is 18.5 Å². The Bertz CT molecular complexity index is 797. The molecule has 0 aliphatic heterocycles. The van der Waals surface area contributed by atoms with E-state index in [2.05, 4.69) is 68.3 Å². The van der Waals surface area contributed by atoms with E-state index in [1.54, 1.807) is 14.2 Å². The van der Waals surface area contributed by atoms with Crippen LogP contribution in [-0.4, -0.2) is 14.2 Å². The van der Waals surface area contributed by atoms with Gasteiger partial charge >= 0.3 is 0 Å². The minimum absolute atomic E-state index is 0.792. The lowest BCUT2D eigenvalue weighted by molar-refractivity contribution is 0.415. The fraction of sp³-hybridized carbons (Fsp3) is 0.182. The summed E-state index contributed by atoms with van der Waals surface area (Å²) >= 11 is 7.31. The minimum atomic E-state index is 0.792. The van der Waals surface area contributed by atoms with Gasteiger partial charge in [-0.3, -0.25) is 0 Å². The highest BCUT2D eigenvalue weighted by molar-refractivity contribution is 9.08. The van der Waals surface area contributed by atoms with Crippen molar-refractivity contribution in [1.29, 1.82) is 0 Å². The second kappa shape index (κ2) is 8.74. The SMILES string of the molecule is COc1ccc(-c2cc(CBr)c(-c3ccc(OC)cc3)cc2CBr)cc1. The maximum Gasteiger partial charge on any atom is 0.118 e. The van der Waals surface area contributed by atoms with Crippen molar-refractivity contribution < 1.29 is 9.47 Å². The zero-order valence-corrected chi connectivity index (χ0v) is 17.9.